The Balaban J connectivity index is 1.66. The SMILES string of the molecule is Cc1cc(C(=O)NCCNC(=O)COc2cccc(C)c2C)no1. The summed E-state index contributed by atoms with van der Waals surface area (Å²) in [7, 11) is 0. The summed E-state index contributed by atoms with van der Waals surface area (Å²) < 4.78 is 10.3. The monoisotopic (exact) mass is 331 g/mol. The second-order valence-corrected chi connectivity index (χ2v) is 5.42. The molecule has 0 aliphatic rings. The minimum atomic E-state index is -0.340. The number of carbonyl (C=O) groups is 2. The maximum absolute atomic E-state index is 11.8. The van der Waals surface area contributed by atoms with Gasteiger partial charge < -0.3 is 19.9 Å². The quantitative estimate of drug-likeness (QED) is 0.750. The molecule has 128 valence electrons. The summed E-state index contributed by atoms with van der Waals surface area (Å²) in [6.07, 6.45) is 0. The van der Waals surface area contributed by atoms with Crippen LogP contribution in [0.4, 0.5) is 0 Å². The van der Waals surface area contributed by atoms with Crippen LogP contribution in [0.5, 0.6) is 5.75 Å². The highest BCUT2D eigenvalue weighted by molar-refractivity contribution is 5.92. The summed E-state index contributed by atoms with van der Waals surface area (Å²) in [4.78, 5) is 23.5. The summed E-state index contributed by atoms with van der Waals surface area (Å²) in [6, 6.07) is 7.25. The lowest BCUT2D eigenvalue weighted by Crippen LogP contribution is -2.36. The average molecular weight is 331 g/mol. The fourth-order valence-corrected chi connectivity index (χ4v) is 2.02. The number of aromatic nitrogens is 1. The van der Waals surface area contributed by atoms with E-state index in [-0.39, 0.29) is 24.1 Å². The molecule has 0 fully saturated rings. The van der Waals surface area contributed by atoms with Gasteiger partial charge >= 0.3 is 0 Å². The molecular formula is C17H21N3O4. The van der Waals surface area contributed by atoms with Gasteiger partial charge in [0.15, 0.2) is 12.3 Å². The van der Waals surface area contributed by atoms with Crippen LogP contribution in [0.1, 0.15) is 27.4 Å². The van der Waals surface area contributed by atoms with Gasteiger partial charge in [-0.3, -0.25) is 9.59 Å². The van der Waals surface area contributed by atoms with E-state index in [2.05, 4.69) is 15.8 Å². The van der Waals surface area contributed by atoms with Crippen molar-refractivity contribution in [2.24, 2.45) is 0 Å². The predicted octanol–water partition coefficient (Wildman–Crippen LogP) is 1.52. The van der Waals surface area contributed by atoms with E-state index in [0.717, 1.165) is 11.1 Å². The van der Waals surface area contributed by atoms with Crippen molar-refractivity contribution in [3.63, 3.8) is 0 Å². The van der Waals surface area contributed by atoms with Crippen LogP contribution in [0.3, 0.4) is 0 Å². The Hall–Kier alpha value is -2.83. The third-order valence-electron chi connectivity index (χ3n) is 3.51. The first-order valence-corrected chi connectivity index (χ1v) is 7.64. The minimum absolute atomic E-state index is 0.0687. The average Bonchev–Trinajstić information content (AvgIpc) is 2.99. The predicted molar refractivity (Wildman–Crippen MR) is 88.0 cm³/mol. The Kier molecular flexibility index (Phi) is 5.95. The first-order chi connectivity index (χ1) is 11.5. The zero-order valence-electron chi connectivity index (χ0n) is 14.0. The molecule has 0 spiro atoms. The number of benzene rings is 1. The standard InChI is InChI=1S/C17H21N3O4/c1-11-5-4-6-15(13(11)3)23-10-16(21)18-7-8-19-17(22)14-9-12(2)24-20-14/h4-6,9H,7-8,10H2,1-3H3,(H,18,21)(H,19,22). The number of carbonyl (C=O) groups excluding carboxylic acids is 2. The molecule has 24 heavy (non-hydrogen) atoms. The summed E-state index contributed by atoms with van der Waals surface area (Å²) in [6.45, 7) is 6.17. The van der Waals surface area contributed by atoms with Crippen LogP contribution in [0, 0.1) is 20.8 Å². The number of hydrogen-bond donors (Lipinski definition) is 2. The van der Waals surface area contributed by atoms with E-state index in [1.807, 2.05) is 32.0 Å². The maximum Gasteiger partial charge on any atom is 0.273 e. The van der Waals surface area contributed by atoms with Crippen LogP contribution < -0.4 is 15.4 Å². The molecule has 1 heterocycles. The van der Waals surface area contributed by atoms with E-state index < -0.39 is 0 Å². The Morgan fingerprint density at radius 3 is 2.62 bits per heavy atom. The largest absolute Gasteiger partial charge is 0.483 e. The van der Waals surface area contributed by atoms with Crippen LogP contribution in [0.25, 0.3) is 0 Å². The molecule has 2 amide bonds. The van der Waals surface area contributed by atoms with Crippen LogP contribution >= 0.6 is 0 Å². The van der Waals surface area contributed by atoms with E-state index in [0.29, 0.717) is 24.6 Å². The zero-order valence-corrected chi connectivity index (χ0v) is 14.0. The van der Waals surface area contributed by atoms with Crippen LogP contribution in [0.2, 0.25) is 0 Å². The lowest BCUT2D eigenvalue weighted by molar-refractivity contribution is -0.123. The molecule has 0 aliphatic carbocycles. The number of ether oxygens (including phenoxy) is 1. The number of amides is 2. The molecule has 0 bridgehead atoms. The Morgan fingerprint density at radius 1 is 1.17 bits per heavy atom. The third kappa shape index (κ3) is 4.84. The molecule has 2 rings (SSSR count). The third-order valence-corrected chi connectivity index (χ3v) is 3.51. The Labute approximate surface area is 140 Å². The molecule has 0 atom stereocenters. The van der Waals surface area contributed by atoms with Crippen molar-refractivity contribution in [3.8, 4) is 5.75 Å². The van der Waals surface area contributed by atoms with Gasteiger partial charge in [-0.1, -0.05) is 17.3 Å². The van der Waals surface area contributed by atoms with Gasteiger partial charge in [-0.05, 0) is 38.0 Å². The fourth-order valence-electron chi connectivity index (χ4n) is 2.02. The van der Waals surface area contributed by atoms with Gasteiger partial charge in [0.25, 0.3) is 11.8 Å². The van der Waals surface area contributed by atoms with E-state index in [9.17, 15) is 9.59 Å². The Bertz CT molecular complexity index is 724. The molecule has 0 radical (unpaired) electrons. The summed E-state index contributed by atoms with van der Waals surface area (Å²) in [5.41, 5.74) is 2.34. The van der Waals surface area contributed by atoms with Crippen LogP contribution in [-0.2, 0) is 4.79 Å². The summed E-state index contributed by atoms with van der Waals surface area (Å²) in [5.74, 6) is 0.673. The van der Waals surface area contributed by atoms with Gasteiger partial charge in [-0.2, -0.15) is 0 Å². The van der Waals surface area contributed by atoms with Crippen molar-refractivity contribution < 1.29 is 18.8 Å². The molecule has 0 saturated heterocycles. The lowest BCUT2D eigenvalue weighted by atomic mass is 10.1. The minimum Gasteiger partial charge on any atom is -0.483 e. The Morgan fingerprint density at radius 2 is 1.92 bits per heavy atom. The number of nitrogens with one attached hydrogen (secondary N) is 2. The summed E-state index contributed by atoms with van der Waals surface area (Å²) in [5, 5.41) is 8.93. The smallest absolute Gasteiger partial charge is 0.273 e. The highest BCUT2D eigenvalue weighted by Gasteiger charge is 2.10. The number of rotatable bonds is 7. The van der Waals surface area contributed by atoms with Gasteiger partial charge in [-0.25, -0.2) is 0 Å². The van der Waals surface area contributed by atoms with E-state index in [4.69, 9.17) is 9.26 Å². The highest BCUT2D eigenvalue weighted by atomic mass is 16.5. The molecule has 2 N–H and O–H groups in total. The lowest BCUT2D eigenvalue weighted by Gasteiger charge is -2.11. The first-order valence-electron chi connectivity index (χ1n) is 7.64. The van der Waals surface area contributed by atoms with Crippen molar-refractivity contribution >= 4 is 11.8 Å². The van der Waals surface area contributed by atoms with Gasteiger partial charge in [-0.15, -0.1) is 0 Å². The highest BCUT2D eigenvalue weighted by Crippen LogP contribution is 2.20. The molecule has 2 aromatic rings. The molecule has 0 saturated carbocycles. The number of aryl methyl sites for hydroxylation is 2. The molecule has 1 aromatic carbocycles. The molecule has 0 unspecified atom stereocenters. The van der Waals surface area contributed by atoms with Gasteiger partial charge in [0.2, 0.25) is 0 Å². The summed E-state index contributed by atoms with van der Waals surface area (Å²) >= 11 is 0. The second kappa shape index (κ2) is 8.14. The zero-order chi connectivity index (χ0) is 17.5. The number of hydrogen-bond acceptors (Lipinski definition) is 5. The first kappa shape index (κ1) is 17.5. The van der Waals surface area contributed by atoms with E-state index >= 15 is 0 Å². The van der Waals surface area contributed by atoms with E-state index in [1.165, 1.54) is 0 Å². The molecule has 7 nitrogen and oxygen atoms in total. The van der Waals surface area contributed by atoms with Crippen molar-refractivity contribution in [1.29, 1.82) is 0 Å². The van der Waals surface area contributed by atoms with Crippen LogP contribution in [0.15, 0.2) is 28.8 Å². The maximum atomic E-state index is 11.8. The van der Waals surface area contributed by atoms with Crippen molar-refractivity contribution in [2.75, 3.05) is 19.7 Å². The molecular weight excluding hydrogens is 310 g/mol. The fraction of sp³-hybridized carbons (Fsp3) is 0.353. The van der Waals surface area contributed by atoms with Gasteiger partial charge in [0, 0.05) is 19.2 Å². The van der Waals surface area contributed by atoms with E-state index in [1.54, 1.807) is 13.0 Å². The van der Waals surface area contributed by atoms with Gasteiger partial charge in [0.1, 0.15) is 11.5 Å². The second-order valence-electron chi connectivity index (χ2n) is 5.42. The van der Waals surface area contributed by atoms with Crippen molar-refractivity contribution in [2.45, 2.75) is 20.8 Å². The van der Waals surface area contributed by atoms with Gasteiger partial charge in [0.05, 0.1) is 0 Å². The molecule has 0 aliphatic heterocycles. The topological polar surface area (TPSA) is 93.5 Å². The normalized spacial score (nSPS) is 10.3. The van der Waals surface area contributed by atoms with Crippen LogP contribution in [-0.4, -0.2) is 36.7 Å². The van der Waals surface area contributed by atoms with Crippen molar-refractivity contribution in [1.82, 2.24) is 15.8 Å². The molecule has 1 aromatic heterocycles. The number of nitrogens with zero attached hydrogens (tertiary/aromatic N) is 1. The molecule has 7 heteroatoms. The van der Waals surface area contributed by atoms with Crippen molar-refractivity contribution in [3.05, 3.63) is 46.8 Å².